The lowest BCUT2D eigenvalue weighted by Crippen LogP contribution is -2.23. The lowest BCUT2D eigenvalue weighted by Gasteiger charge is -2.24. The second kappa shape index (κ2) is 2.21. The zero-order valence-electron chi connectivity index (χ0n) is 6.87. The molecular formula is C10H12O. The van der Waals surface area contributed by atoms with Gasteiger partial charge in [-0.15, -0.1) is 0 Å². The van der Waals surface area contributed by atoms with E-state index in [1.165, 1.54) is 0 Å². The summed E-state index contributed by atoms with van der Waals surface area (Å²) in [6.07, 6.45) is 8.63. The molecule has 1 aliphatic heterocycles. The van der Waals surface area contributed by atoms with Crippen LogP contribution in [0.5, 0.6) is 0 Å². The van der Waals surface area contributed by atoms with E-state index in [2.05, 4.69) is 38.7 Å². The molecule has 11 heavy (non-hydrogen) atoms. The SMILES string of the molecule is CC1(C)[C]OC2C=CC=CC21. The molecule has 0 aromatic rings. The Morgan fingerprint density at radius 2 is 2.00 bits per heavy atom. The molecular weight excluding hydrogens is 136 g/mol. The molecule has 1 aliphatic carbocycles. The molecule has 0 N–H and O–H groups in total. The van der Waals surface area contributed by atoms with Gasteiger partial charge in [-0.3, -0.25) is 0 Å². The molecule has 1 fully saturated rings. The second-order valence-corrected chi connectivity index (χ2v) is 3.70. The summed E-state index contributed by atoms with van der Waals surface area (Å²) in [6.45, 7) is 7.34. The highest BCUT2D eigenvalue weighted by Gasteiger charge is 2.42. The maximum Gasteiger partial charge on any atom is 0.139 e. The van der Waals surface area contributed by atoms with E-state index >= 15 is 0 Å². The predicted octanol–water partition coefficient (Wildman–Crippen LogP) is 2.19. The van der Waals surface area contributed by atoms with E-state index in [1.807, 2.05) is 6.08 Å². The molecule has 1 saturated heterocycles. The van der Waals surface area contributed by atoms with Gasteiger partial charge in [0.05, 0.1) is 6.10 Å². The van der Waals surface area contributed by atoms with Crippen molar-refractivity contribution >= 4 is 0 Å². The largest absolute Gasteiger partial charge is 0.360 e. The molecule has 2 rings (SSSR count). The van der Waals surface area contributed by atoms with Crippen molar-refractivity contribution in [2.45, 2.75) is 20.0 Å². The molecule has 1 heterocycles. The minimum Gasteiger partial charge on any atom is -0.360 e. The highest BCUT2D eigenvalue weighted by atomic mass is 16.5. The third-order valence-electron chi connectivity index (χ3n) is 2.38. The summed E-state index contributed by atoms with van der Waals surface area (Å²) in [5.74, 6) is 0.479. The maximum absolute atomic E-state index is 5.38. The lowest BCUT2D eigenvalue weighted by atomic mass is 9.77. The summed E-state index contributed by atoms with van der Waals surface area (Å²) in [6, 6.07) is 0. The van der Waals surface area contributed by atoms with Crippen molar-refractivity contribution in [3.05, 3.63) is 30.9 Å². The van der Waals surface area contributed by atoms with Crippen LogP contribution in [-0.2, 0) is 4.74 Å². The fourth-order valence-electron chi connectivity index (χ4n) is 1.64. The topological polar surface area (TPSA) is 9.23 Å². The smallest absolute Gasteiger partial charge is 0.139 e. The third kappa shape index (κ3) is 1.04. The molecule has 58 valence electrons. The molecule has 2 unspecified atom stereocenters. The molecule has 0 amide bonds. The number of allylic oxidation sites excluding steroid dienone is 2. The molecule has 0 saturated carbocycles. The van der Waals surface area contributed by atoms with E-state index in [-0.39, 0.29) is 11.5 Å². The monoisotopic (exact) mass is 148 g/mol. The standard InChI is InChI=1S/C10H12O/c1-10(2)7-11-9-6-4-3-5-8(9)10/h3-6,8-9H,1-2H3. The van der Waals surface area contributed by atoms with Gasteiger partial charge in [0.25, 0.3) is 0 Å². The van der Waals surface area contributed by atoms with E-state index in [1.54, 1.807) is 0 Å². The fourth-order valence-corrected chi connectivity index (χ4v) is 1.64. The molecule has 1 nitrogen and oxygen atoms in total. The Morgan fingerprint density at radius 3 is 2.73 bits per heavy atom. The van der Waals surface area contributed by atoms with Gasteiger partial charge in [-0.1, -0.05) is 38.2 Å². The Labute approximate surface area is 67.7 Å². The summed E-state index contributed by atoms with van der Waals surface area (Å²) in [7, 11) is 0. The number of fused-ring (bicyclic) bond motifs is 1. The van der Waals surface area contributed by atoms with E-state index < -0.39 is 0 Å². The Hall–Kier alpha value is -0.560. The van der Waals surface area contributed by atoms with Crippen LogP contribution in [0.25, 0.3) is 0 Å². The van der Waals surface area contributed by atoms with Gasteiger partial charge in [0.15, 0.2) is 0 Å². The van der Waals surface area contributed by atoms with Crippen LogP contribution in [0.1, 0.15) is 13.8 Å². The Kier molecular flexibility index (Phi) is 1.43. The Morgan fingerprint density at radius 1 is 1.27 bits per heavy atom. The van der Waals surface area contributed by atoms with Crippen molar-refractivity contribution < 1.29 is 4.74 Å². The van der Waals surface area contributed by atoms with E-state index in [9.17, 15) is 0 Å². The van der Waals surface area contributed by atoms with E-state index in [0.717, 1.165) is 0 Å². The zero-order chi connectivity index (χ0) is 7.90. The van der Waals surface area contributed by atoms with Gasteiger partial charge in [0, 0.05) is 11.3 Å². The first kappa shape index (κ1) is 7.11. The first-order chi connectivity index (χ1) is 5.20. The molecule has 2 aliphatic rings. The van der Waals surface area contributed by atoms with Gasteiger partial charge < -0.3 is 4.74 Å². The average molecular weight is 148 g/mol. The third-order valence-corrected chi connectivity index (χ3v) is 2.38. The van der Waals surface area contributed by atoms with Crippen molar-refractivity contribution in [2.24, 2.45) is 11.3 Å². The van der Waals surface area contributed by atoms with Gasteiger partial charge in [0.1, 0.15) is 6.61 Å². The zero-order valence-corrected chi connectivity index (χ0v) is 6.87. The Balaban J connectivity index is 2.26. The molecule has 2 atom stereocenters. The number of hydrogen-bond donors (Lipinski definition) is 0. The average Bonchev–Trinajstić information content (AvgIpc) is 2.29. The van der Waals surface area contributed by atoms with Gasteiger partial charge in [-0.25, -0.2) is 0 Å². The Bertz CT molecular complexity index is 213. The van der Waals surface area contributed by atoms with Crippen LogP contribution in [0.3, 0.4) is 0 Å². The molecule has 0 aromatic heterocycles. The van der Waals surface area contributed by atoms with Crippen LogP contribution in [0, 0.1) is 17.9 Å². The van der Waals surface area contributed by atoms with Gasteiger partial charge in [-0.05, 0) is 0 Å². The number of hydrogen-bond acceptors (Lipinski definition) is 1. The normalized spacial score (nSPS) is 39.1. The summed E-state index contributed by atoms with van der Waals surface area (Å²) < 4.78 is 5.38. The van der Waals surface area contributed by atoms with Gasteiger partial charge in [0.2, 0.25) is 0 Å². The quantitative estimate of drug-likeness (QED) is 0.511. The molecule has 0 aromatic carbocycles. The summed E-state index contributed by atoms with van der Waals surface area (Å²) in [4.78, 5) is 0. The van der Waals surface area contributed by atoms with Crippen molar-refractivity contribution in [1.29, 1.82) is 0 Å². The van der Waals surface area contributed by atoms with Crippen molar-refractivity contribution in [3.63, 3.8) is 0 Å². The minimum atomic E-state index is 0.0753. The van der Waals surface area contributed by atoms with Crippen LogP contribution < -0.4 is 0 Å². The van der Waals surface area contributed by atoms with Crippen LogP contribution in [0.4, 0.5) is 0 Å². The van der Waals surface area contributed by atoms with Crippen molar-refractivity contribution in [1.82, 2.24) is 0 Å². The van der Waals surface area contributed by atoms with Gasteiger partial charge in [-0.2, -0.15) is 0 Å². The van der Waals surface area contributed by atoms with Gasteiger partial charge >= 0.3 is 0 Å². The van der Waals surface area contributed by atoms with Crippen LogP contribution in [0.15, 0.2) is 24.3 Å². The highest BCUT2D eigenvalue weighted by molar-refractivity contribution is 5.21. The van der Waals surface area contributed by atoms with Crippen molar-refractivity contribution in [2.75, 3.05) is 0 Å². The van der Waals surface area contributed by atoms with Crippen LogP contribution >= 0.6 is 0 Å². The van der Waals surface area contributed by atoms with Crippen molar-refractivity contribution in [3.8, 4) is 0 Å². The number of rotatable bonds is 0. The molecule has 0 bridgehead atoms. The first-order valence-electron chi connectivity index (χ1n) is 3.98. The molecule has 2 radical (unpaired) electrons. The number of ether oxygens (including phenoxy) is 1. The summed E-state index contributed by atoms with van der Waals surface area (Å²) >= 11 is 0. The molecule has 0 spiro atoms. The highest BCUT2D eigenvalue weighted by Crippen LogP contribution is 2.43. The summed E-state index contributed by atoms with van der Waals surface area (Å²) in [5, 5.41) is 0. The summed E-state index contributed by atoms with van der Waals surface area (Å²) in [5.41, 5.74) is 0.0753. The predicted molar refractivity (Wildman–Crippen MR) is 43.7 cm³/mol. The fraction of sp³-hybridized carbons (Fsp3) is 0.500. The van der Waals surface area contributed by atoms with Crippen LogP contribution in [0.2, 0.25) is 0 Å². The second-order valence-electron chi connectivity index (χ2n) is 3.70. The van der Waals surface area contributed by atoms with E-state index in [0.29, 0.717) is 5.92 Å². The minimum absolute atomic E-state index is 0.0753. The van der Waals surface area contributed by atoms with Crippen LogP contribution in [-0.4, -0.2) is 6.10 Å². The first-order valence-corrected chi connectivity index (χ1v) is 3.98. The lowest BCUT2D eigenvalue weighted by molar-refractivity contribution is 0.177. The maximum atomic E-state index is 5.38. The van der Waals surface area contributed by atoms with E-state index in [4.69, 9.17) is 4.74 Å². The molecule has 1 heteroatoms.